The number of hydrogen-bond acceptors (Lipinski definition) is 5. The van der Waals surface area contributed by atoms with Crippen LogP contribution in [-0.4, -0.2) is 38.7 Å². The van der Waals surface area contributed by atoms with Crippen molar-refractivity contribution in [2.45, 2.75) is 37.8 Å². The molecule has 6 nitrogen and oxygen atoms in total. The number of nitrogens with zero attached hydrogens (tertiary/aromatic N) is 3. The highest BCUT2D eigenvalue weighted by Crippen LogP contribution is 2.51. The minimum Gasteiger partial charge on any atom is -0.391 e. The van der Waals surface area contributed by atoms with E-state index in [0.717, 1.165) is 12.0 Å². The molecule has 1 saturated heterocycles. The van der Waals surface area contributed by atoms with E-state index in [1.807, 2.05) is 24.3 Å². The number of aromatic nitrogens is 2. The van der Waals surface area contributed by atoms with Crippen LogP contribution >= 0.6 is 11.6 Å². The molecule has 1 aromatic carbocycles. The molecule has 4 rings (SSSR count). The summed E-state index contributed by atoms with van der Waals surface area (Å²) in [6.07, 6.45) is 0.644. The van der Waals surface area contributed by atoms with Gasteiger partial charge in [0.2, 0.25) is 11.8 Å². The number of halogens is 1. The minimum atomic E-state index is -0.566. The minimum absolute atomic E-state index is 0.0253. The Kier molecular flexibility index (Phi) is 3.81. The molecule has 2 aliphatic rings. The molecule has 0 radical (unpaired) electrons. The van der Waals surface area contributed by atoms with Crippen molar-refractivity contribution in [1.29, 1.82) is 0 Å². The summed E-state index contributed by atoms with van der Waals surface area (Å²) in [5.74, 6) is 1.000. The predicted octanol–water partition coefficient (Wildman–Crippen LogP) is 2.47. The highest BCUT2D eigenvalue weighted by Gasteiger charge is 2.50. The van der Waals surface area contributed by atoms with Crippen molar-refractivity contribution in [2.75, 3.05) is 6.54 Å². The van der Waals surface area contributed by atoms with Gasteiger partial charge in [0.15, 0.2) is 5.82 Å². The average Bonchev–Trinajstić information content (AvgIpc) is 3.07. The number of β-amino-alcohol motifs (C(OH)–C–C–N with tert-alkyl or cyclic N) is 1. The second kappa shape index (κ2) is 5.86. The summed E-state index contributed by atoms with van der Waals surface area (Å²) in [4.78, 5) is 18.8. The summed E-state index contributed by atoms with van der Waals surface area (Å²) in [5, 5.41) is 14.5. The van der Waals surface area contributed by atoms with Crippen LogP contribution in [0.1, 0.15) is 42.1 Å². The normalized spacial score (nSPS) is 29.0. The molecule has 2 heterocycles. The number of aliphatic hydroxyl groups excluding tert-OH is 1. The summed E-state index contributed by atoms with van der Waals surface area (Å²) < 4.78 is 5.22. The topological polar surface area (TPSA) is 79.5 Å². The van der Waals surface area contributed by atoms with Crippen molar-refractivity contribution in [1.82, 2.24) is 15.0 Å². The van der Waals surface area contributed by atoms with Crippen molar-refractivity contribution in [3.63, 3.8) is 0 Å². The van der Waals surface area contributed by atoms with Crippen LogP contribution in [0.15, 0.2) is 28.8 Å². The lowest BCUT2D eigenvalue weighted by atomic mass is 10.1. The van der Waals surface area contributed by atoms with Gasteiger partial charge in [-0.2, -0.15) is 4.98 Å². The molecule has 0 spiro atoms. The van der Waals surface area contributed by atoms with Crippen LogP contribution in [-0.2, 0) is 4.79 Å². The van der Waals surface area contributed by atoms with Gasteiger partial charge in [0, 0.05) is 23.9 Å². The summed E-state index contributed by atoms with van der Waals surface area (Å²) in [5.41, 5.74) is 1.02. The van der Waals surface area contributed by atoms with Crippen molar-refractivity contribution in [3.8, 4) is 0 Å². The second-order valence-electron chi connectivity index (χ2n) is 6.55. The molecule has 24 heavy (non-hydrogen) atoms. The quantitative estimate of drug-likeness (QED) is 0.922. The molecule has 2 fully saturated rings. The highest BCUT2D eigenvalue weighted by atomic mass is 35.5. The maximum Gasteiger partial charge on any atom is 0.249 e. The van der Waals surface area contributed by atoms with E-state index >= 15 is 0 Å². The summed E-state index contributed by atoms with van der Waals surface area (Å²) in [6.45, 7) is 2.04. The van der Waals surface area contributed by atoms with Gasteiger partial charge in [-0.3, -0.25) is 4.79 Å². The number of amides is 1. The van der Waals surface area contributed by atoms with Crippen molar-refractivity contribution in [2.24, 2.45) is 5.92 Å². The summed E-state index contributed by atoms with van der Waals surface area (Å²) >= 11 is 6.24. The van der Waals surface area contributed by atoms with E-state index in [9.17, 15) is 9.90 Å². The monoisotopic (exact) mass is 347 g/mol. The molecule has 1 amide bonds. The van der Waals surface area contributed by atoms with Crippen LogP contribution in [0, 0.1) is 12.8 Å². The van der Waals surface area contributed by atoms with Gasteiger partial charge in [-0.1, -0.05) is 35.0 Å². The molecular formula is C17H18ClN3O3. The third-order valence-electron chi connectivity index (χ3n) is 4.80. The third-order valence-corrected chi connectivity index (χ3v) is 5.15. The molecule has 0 bridgehead atoms. The first-order valence-electron chi connectivity index (χ1n) is 8.07. The van der Waals surface area contributed by atoms with Gasteiger partial charge in [0.25, 0.3) is 0 Å². The molecule has 1 saturated carbocycles. The molecule has 7 heteroatoms. The van der Waals surface area contributed by atoms with Crippen LogP contribution in [0.2, 0.25) is 5.02 Å². The first-order valence-corrected chi connectivity index (χ1v) is 8.45. The summed E-state index contributed by atoms with van der Waals surface area (Å²) in [6, 6.07) is 7.29. The number of likely N-dealkylation sites (tertiary alicyclic amines) is 1. The van der Waals surface area contributed by atoms with Crippen molar-refractivity contribution < 1.29 is 14.4 Å². The van der Waals surface area contributed by atoms with Gasteiger partial charge in [0.1, 0.15) is 6.04 Å². The Morgan fingerprint density at radius 2 is 2.17 bits per heavy atom. The fraction of sp³-hybridized carbons (Fsp3) is 0.471. The lowest BCUT2D eigenvalue weighted by Gasteiger charge is -2.21. The Balaban J connectivity index is 1.53. The Bertz CT molecular complexity index is 778. The molecule has 126 valence electrons. The number of aliphatic hydroxyl groups is 1. The van der Waals surface area contributed by atoms with Crippen LogP contribution in [0.3, 0.4) is 0 Å². The number of benzene rings is 1. The van der Waals surface area contributed by atoms with E-state index in [1.165, 1.54) is 0 Å². The van der Waals surface area contributed by atoms with E-state index in [4.69, 9.17) is 16.1 Å². The molecule has 1 aliphatic heterocycles. The zero-order chi connectivity index (χ0) is 16.8. The first-order chi connectivity index (χ1) is 11.5. The highest BCUT2D eigenvalue weighted by molar-refractivity contribution is 6.31. The van der Waals surface area contributed by atoms with Gasteiger partial charge in [-0.15, -0.1) is 0 Å². The van der Waals surface area contributed by atoms with Crippen LogP contribution in [0.4, 0.5) is 0 Å². The Morgan fingerprint density at radius 3 is 2.88 bits per heavy atom. The molecule has 1 aromatic heterocycles. The Labute approximate surface area is 144 Å². The van der Waals surface area contributed by atoms with Crippen LogP contribution in [0.25, 0.3) is 0 Å². The lowest BCUT2D eigenvalue weighted by molar-refractivity contribution is -0.134. The fourth-order valence-corrected chi connectivity index (χ4v) is 3.82. The molecule has 1 N–H and O–H groups in total. The van der Waals surface area contributed by atoms with Gasteiger partial charge in [0.05, 0.1) is 6.10 Å². The predicted molar refractivity (Wildman–Crippen MR) is 86.4 cm³/mol. The van der Waals surface area contributed by atoms with Gasteiger partial charge < -0.3 is 14.5 Å². The summed E-state index contributed by atoms with van der Waals surface area (Å²) in [7, 11) is 0. The van der Waals surface area contributed by atoms with Crippen LogP contribution in [0.5, 0.6) is 0 Å². The standard InChI is InChI=1S/C17H18ClN3O3/c1-9-19-16(24-20-9)15-6-10(22)8-21(15)17(23)13-7-12(13)11-4-2-3-5-14(11)18/h2-5,10,12-13,15,22H,6-8H2,1H3/t10-,12-,13-,15+/m0/s1. The average molecular weight is 348 g/mol. The van der Waals surface area contributed by atoms with E-state index in [1.54, 1.807) is 11.8 Å². The van der Waals surface area contributed by atoms with E-state index in [2.05, 4.69) is 10.1 Å². The molecular weight excluding hydrogens is 330 g/mol. The second-order valence-corrected chi connectivity index (χ2v) is 6.95. The number of carbonyl (C=O) groups excluding carboxylic acids is 1. The maximum absolute atomic E-state index is 12.9. The molecule has 0 unspecified atom stereocenters. The molecule has 2 aromatic rings. The van der Waals surface area contributed by atoms with Crippen molar-refractivity contribution in [3.05, 3.63) is 46.6 Å². The first kappa shape index (κ1) is 15.6. The van der Waals surface area contributed by atoms with Crippen molar-refractivity contribution >= 4 is 17.5 Å². The van der Waals surface area contributed by atoms with Gasteiger partial charge in [-0.25, -0.2) is 0 Å². The van der Waals surface area contributed by atoms with E-state index in [0.29, 0.717) is 29.7 Å². The number of hydrogen-bond donors (Lipinski definition) is 1. The molecule has 4 atom stereocenters. The number of aryl methyl sites for hydroxylation is 1. The van der Waals surface area contributed by atoms with E-state index < -0.39 is 6.10 Å². The smallest absolute Gasteiger partial charge is 0.249 e. The largest absolute Gasteiger partial charge is 0.391 e. The van der Waals surface area contributed by atoms with Gasteiger partial charge >= 0.3 is 0 Å². The zero-order valence-electron chi connectivity index (χ0n) is 13.2. The fourth-order valence-electron chi connectivity index (χ4n) is 3.54. The maximum atomic E-state index is 12.9. The van der Waals surface area contributed by atoms with Gasteiger partial charge in [-0.05, 0) is 30.9 Å². The van der Waals surface area contributed by atoms with E-state index in [-0.39, 0.29) is 23.8 Å². The number of rotatable bonds is 3. The SMILES string of the molecule is Cc1noc([C@H]2C[C@H](O)CN2C(=O)[C@H]2C[C@H]2c2ccccc2Cl)n1. The van der Waals surface area contributed by atoms with Crippen LogP contribution < -0.4 is 0 Å². The Hall–Kier alpha value is -1.92. The number of carbonyl (C=O) groups is 1. The molecule has 1 aliphatic carbocycles. The lowest BCUT2D eigenvalue weighted by Crippen LogP contribution is -2.33. The Morgan fingerprint density at radius 1 is 1.38 bits per heavy atom. The third kappa shape index (κ3) is 2.70. The zero-order valence-corrected chi connectivity index (χ0v) is 14.0.